The van der Waals surface area contributed by atoms with Crippen LogP contribution in [0, 0.1) is 5.53 Å². The lowest BCUT2D eigenvalue weighted by Crippen LogP contribution is -2.35. The normalized spacial score (nSPS) is 12.1. The topological polar surface area (TPSA) is 154 Å². The van der Waals surface area contributed by atoms with E-state index in [2.05, 4.69) is 5.11 Å². The van der Waals surface area contributed by atoms with Gasteiger partial charge in [-0.3, -0.25) is 19.6 Å². The summed E-state index contributed by atoms with van der Waals surface area (Å²) in [7, 11) is 0. The van der Waals surface area contributed by atoms with Gasteiger partial charge in [0.1, 0.15) is 6.04 Å². The molecule has 2 rings (SSSR count). The van der Waals surface area contributed by atoms with Gasteiger partial charge in [-0.1, -0.05) is 0 Å². The number of fused-ring (bicyclic) bond motifs is 1. The van der Waals surface area contributed by atoms with E-state index >= 15 is 0 Å². The van der Waals surface area contributed by atoms with E-state index in [1.165, 1.54) is 25.1 Å². The minimum atomic E-state index is -0.956. The van der Waals surface area contributed by atoms with Crippen LogP contribution in [0.15, 0.2) is 23.3 Å². The highest BCUT2D eigenvalue weighted by atomic mass is 16.3. The molecule has 2 amide bonds. The molecule has 0 saturated heterocycles. The lowest BCUT2D eigenvalue weighted by atomic mass is 10.1. The fourth-order valence-corrected chi connectivity index (χ4v) is 2.09. The predicted octanol–water partition coefficient (Wildman–Crippen LogP) is 0.775. The highest BCUT2D eigenvalue weighted by Gasteiger charge is 2.24. The van der Waals surface area contributed by atoms with E-state index in [1.54, 1.807) is 0 Å². The van der Waals surface area contributed by atoms with E-state index in [9.17, 15) is 19.8 Å². The average Bonchev–Trinajstić information content (AvgIpc) is 2.76. The van der Waals surface area contributed by atoms with Gasteiger partial charge in [-0.2, -0.15) is 0 Å². The zero-order valence-corrected chi connectivity index (χ0v) is 11.0. The quantitative estimate of drug-likeness (QED) is 0.244. The van der Waals surface area contributed by atoms with E-state index in [0.717, 1.165) is 4.57 Å². The Labute approximate surface area is 118 Å². The summed E-state index contributed by atoms with van der Waals surface area (Å²) in [5, 5.41) is 23.5. The molecule has 1 aromatic heterocycles. The Bertz CT molecular complexity index is 752. The molecule has 2 aromatic rings. The highest BCUT2D eigenvalue weighted by molar-refractivity contribution is 6.02. The largest absolute Gasteiger partial charge is 0.494 e. The second kappa shape index (κ2) is 5.21. The number of hydrogen-bond acceptors (Lipinski definition) is 6. The molecule has 0 spiro atoms. The number of rotatable bonds is 3. The van der Waals surface area contributed by atoms with Crippen LogP contribution >= 0.6 is 0 Å². The first-order chi connectivity index (χ1) is 9.92. The maximum atomic E-state index is 11.5. The number of carbonyl (C=O) groups is 2. The Balaban J connectivity index is 2.67. The van der Waals surface area contributed by atoms with Crippen LogP contribution in [0.4, 0.5) is 0 Å². The molecule has 0 aliphatic carbocycles. The molecule has 0 bridgehead atoms. The molecule has 0 radical (unpaired) electrons. The fourth-order valence-electron chi connectivity index (χ4n) is 2.09. The average molecular weight is 291 g/mol. The van der Waals surface area contributed by atoms with E-state index in [-0.39, 0.29) is 22.2 Å². The van der Waals surface area contributed by atoms with Crippen molar-refractivity contribution in [3.8, 4) is 11.8 Å². The molecule has 1 atom stereocenters. The van der Waals surface area contributed by atoms with Crippen LogP contribution in [0.5, 0.6) is 11.8 Å². The molecular formula is C12H13N5O4. The molecule has 0 aliphatic rings. The van der Waals surface area contributed by atoms with Crippen molar-refractivity contribution >= 4 is 22.6 Å². The number of nitrogens with one attached hydrogen (secondary N) is 2. The predicted molar refractivity (Wildman–Crippen MR) is 71.8 cm³/mol. The highest BCUT2D eigenvalue weighted by Crippen LogP contribution is 2.39. The molecule has 110 valence electrons. The Morgan fingerprint density at radius 3 is 2.52 bits per heavy atom. The van der Waals surface area contributed by atoms with Crippen LogP contribution in [0.1, 0.15) is 23.3 Å². The zero-order valence-electron chi connectivity index (χ0n) is 11.0. The molecule has 0 fully saturated rings. The summed E-state index contributed by atoms with van der Waals surface area (Å²) in [4.78, 5) is 22.9. The van der Waals surface area contributed by atoms with Gasteiger partial charge in [-0.15, -0.1) is 5.11 Å². The van der Waals surface area contributed by atoms with Crippen LogP contribution in [-0.4, -0.2) is 26.6 Å². The molecule has 9 heteroatoms. The number of hydrogen-bond donors (Lipinski definition) is 5. The van der Waals surface area contributed by atoms with E-state index in [1.807, 2.05) is 5.43 Å². The number of nitrogens with zero attached hydrogens (tertiary/aromatic N) is 2. The van der Waals surface area contributed by atoms with Gasteiger partial charge in [0.2, 0.25) is 11.8 Å². The lowest BCUT2D eigenvalue weighted by Gasteiger charge is -2.13. The summed E-state index contributed by atoms with van der Waals surface area (Å²) in [5.41, 5.74) is 8.71. The Morgan fingerprint density at radius 2 is 1.95 bits per heavy atom. The lowest BCUT2D eigenvalue weighted by molar-refractivity contribution is -0.124. The van der Waals surface area contributed by atoms with Crippen LogP contribution in [0.3, 0.4) is 0 Å². The second-order valence-electron chi connectivity index (χ2n) is 4.38. The fraction of sp³-hybridized carbons (Fsp3) is 0.167. The molecule has 1 unspecified atom stereocenters. The summed E-state index contributed by atoms with van der Waals surface area (Å²) in [6.45, 7) is 1.44. The van der Waals surface area contributed by atoms with Gasteiger partial charge in [-0.05, 0) is 25.1 Å². The van der Waals surface area contributed by atoms with Crippen molar-refractivity contribution in [3.05, 3.63) is 23.8 Å². The summed E-state index contributed by atoms with van der Waals surface area (Å²) < 4.78 is 0.985. The Kier molecular flexibility index (Phi) is 3.59. The van der Waals surface area contributed by atoms with Crippen molar-refractivity contribution in [2.45, 2.75) is 13.0 Å². The van der Waals surface area contributed by atoms with Crippen molar-refractivity contribution < 1.29 is 19.8 Å². The number of carbonyl (C=O) groups excluding carboxylic acids is 2. The minimum Gasteiger partial charge on any atom is -0.494 e. The van der Waals surface area contributed by atoms with Crippen LogP contribution < -0.4 is 11.3 Å². The number of amides is 2. The minimum absolute atomic E-state index is 0.0841. The summed E-state index contributed by atoms with van der Waals surface area (Å²) in [6.07, 6.45) is 0. The molecular weight excluding hydrogens is 278 g/mol. The molecule has 9 nitrogen and oxygen atoms in total. The summed E-state index contributed by atoms with van der Waals surface area (Å²) in [6, 6.07) is 3.09. The van der Waals surface area contributed by atoms with Gasteiger partial charge < -0.3 is 10.2 Å². The van der Waals surface area contributed by atoms with E-state index < -0.39 is 23.7 Å². The zero-order chi connectivity index (χ0) is 15.7. The Morgan fingerprint density at radius 1 is 1.33 bits per heavy atom. The van der Waals surface area contributed by atoms with Crippen molar-refractivity contribution in [1.29, 1.82) is 5.53 Å². The number of aromatic nitrogens is 1. The first kappa shape index (κ1) is 14.5. The SMILES string of the molecule is CC(C(=O)NN)n1c(O)c2ccc(C(=O)N=N)cc2c1O. The monoisotopic (exact) mass is 291 g/mol. The van der Waals surface area contributed by atoms with Gasteiger partial charge in [-0.25, -0.2) is 11.4 Å². The summed E-state index contributed by atoms with van der Waals surface area (Å²) >= 11 is 0. The standard InChI is InChI=1S/C12H13N5O4/c1-5(9(18)15-13)17-11(20)7-3-2-6(10(19)16-14)4-8(7)12(17)21/h2-5,14,20-21H,13H2,1H3,(H,15,18). The maximum absolute atomic E-state index is 11.5. The van der Waals surface area contributed by atoms with Crippen molar-refractivity contribution in [2.24, 2.45) is 11.0 Å². The maximum Gasteiger partial charge on any atom is 0.294 e. The van der Waals surface area contributed by atoms with Gasteiger partial charge in [0.25, 0.3) is 11.8 Å². The van der Waals surface area contributed by atoms with Gasteiger partial charge >= 0.3 is 0 Å². The summed E-state index contributed by atoms with van der Waals surface area (Å²) in [5.74, 6) is 2.92. The molecule has 6 N–H and O–H groups in total. The third kappa shape index (κ3) is 2.19. The molecule has 21 heavy (non-hydrogen) atoms. The number of aromatic hydroxyl groups is 2. The van der Waals surface area contributed by atoms with Gasteiger partial charge in [0.05, 0.1) is 0 Å². The molecule has 1 heterocycles. The number of benzene rings is 1. The molecule has 0 saturated carbocycles. The molecule has 0 aliphatic heterocycles. The van der Waals surface area contributed by atoms with Gasteiger partial charge in [0.15, 0.2) is 0 Å². The van der Waals surface area contributed by atoms with Crippen molar-refractivity contribution in [2.75, 3.05) is 0 Å². The van der Waals surface area contributed by atoms with Crippen molar-refractivity contribution in [1.82, 2.24) is 9.99 Å². The Hall–Kier alpha value is -2.94. The third-order valence-corrected chi connectivity index (χ3v) is 3.22. The van der Waals surface area contributed by atoms with Crippen LogP contribution in [0.25, 0.3) is 10.8 Å². The van der Waals surface area contributed by atoms with Crippen molar-refractivity contribution in [3.63, 3.8) is 0 Å². The number of nitrogens with two attached hydrogens (primary N) is 1. The number of hydrazine groups is 1. The van der Waals surface area contributed by atoms with Crippen LogP contribution in [-0.2, 0) is 4.79 Å². The van der Waals surface area contributed by atoms with E-state index in [0.29, 0.717) is 0 Å². The smallest absolute Gasteiger partial charge is 0.294 e. The van der Waals surface area contributed by atoms with Crippen LogP contribution in [0.2, 0.25) is 0 Å². The van der Waals surface area contributed by atoms with Gasteiger partial charge in [0, 0.05) is 16.3 Å². The third-order valence-electron chi connectivity index (χ3n) is 3.22. The molecule has 1 aromatic carbocycles. The second-order valence-corrected chi connectivity index (χ2v) is 4.38. The first-order valence-corrected chi connectivity index (χ1v) is 5.90. The first-order valence-electron chi connectivity index (χ1n) is 5.90. The van der Waals surface area contributed by atoms with E-state index in [4.69, 9.17) is 11.4 Å².